The molecule has 0 aliphatic carbocycles. The molecule has 2 N–H and O–H groups in total. The third-order valence-corrected chi connectivity index (χ3v) is 2.54. The van der Waals surface area contributed by atoms with Crippen molar-refractivity contribution in [1.29, 1.82) is 0 Å². The van der Waals surface area contributed by atoms with Crippen LogP contribution in [0.1, 0.15) is 16.8 Å². The molecule has 88 valence electrons. The number of hydrogen-bond acceptors (Lipinski definition) is 4. The minimum atomic E-state index is 0.377. The number of nitrogens with zero attached hydrogens (tertiary/aromatic N) is 2. The van der Waals surface area contributed by atoms with Gasteiger partial charge in [0.15, 0.2) is 5.82 Å². The van der Waals surface area contributed by atoms with Crippen molar-refractivity contribution in [2.45, 2.75) is 20.8 Å². The highest BCUT2D eigenvalue weighted by Crippen LogP contribution is 2.19. The largest absolute Gasteiger partial charge is 0.339 e. The van der Waals surface area contributed by atoms with Crippen LogP contribution < -0.4 is 5.32 Å². The summed E-state index contributed by atoms with van der Waals surface area (Å²) >= 11 is 4.96. The summed E-state index contributed by atoms with van der Waals surface area (Å²) in [5, 5.41) is 9.96. The number of rotatable bonds is 2. The van der Waals surface area contributed by atoms with Gasteiger partial charge in [0.05, 0.1) is 0 Å². The van der Waals surface area contributed by atoms with E-state index in [1.807, 2.05) is 6.92 Å². The van der Waals surface area contributed by atoms with Crippen LogP contribution in [0.3, 0.4) is 0 Å². The summed E-state index contributed by atoms with van der Waals surface area (Å²) in [7, 11) is 0. The fraction of sp³-hybridized carbons (Fsp3) is 0.250. The molecular weight excluding hydrogens is 232 g/mol. The monoisotopic (exact) mass is 246 g/mol. The highest BCUT2D eigenvalue weighted by molar-refractivity contribution is 7.71. The summed E-state index contributed by atoms with van der Waals surface area (Å²) in [5.74, 6) is 0.693. The summed E-state index contributed by atoms with van der Waals surface area (Å²) in [4.78, 5) is 4.21. The van der Waals surface area contributed by atoms with E-state index in [-0.39, 0.29) is 0 Å². The molecule has 5 heteroatoms. The molecule has 0 aliphatic rings. The zero-order chi connectivity index (χ0) is 12.4. The Labute approximate surface area is 105 Å². The van der Waals surface area contributed by atoms with E-state index in [0.717, 1.165) is 11.4 Å². The first-order chi connectivity index (χ1) is 8.04. The molecule has 0 amide bonds. The Balaban J connectivity index is 2.37. The Morgan fingerprint density at radius 3 is 2.41 bits per heavy atom. The molecule has 0 aliphatic heterocycles. The van der Waals surface area contributed by atoms with E-state index in [1.165, 1.54) is 11.1 Å². The molecule has 0 spiro atoms. The Hall–Kier alpha value is -1.75. The van der Waals surface area contributed by atoms with Gasteiger partial charge in [-0.3, -0.25) is 5.10 Å². The van der Waals surface area contributed by atoms with Crippen LogP contribution in [-0.4, -0.2) is 15.2 Å². The van der Waals surface area contributed by atoms with Crippen molar-refractivity contribution >= 4 is 23.7 Å². The van der Waals surface area contributed by atoms with Gasteiger partial charge in [-0.25, -0.2) is 0 Å². The lowest BCUT2D eigenvalue weighted by atomic mass is 10.1. The van der Waals surface area contributed by atoms with Crippen LogP contribution in [-0.2, 0) is 0 Å². The van der Waals surface area contributed by atoms with E-state index in [0.29, 0.717) is 10.6 Å². The lowest BCUT2D eigenvalue weighted by molar-refractivity contribution is 0.914. The van der Waals surface area contributed by atoms with Crippen LogP contribution in [0, 0.1) is 25.5 Å². The van der Waals surface area contributed by atoms with Gasteiger partial charge in [-0.2, -0.15) is 10.1 Å². The first-order valence-corrected chi connectivity index (χ1v) is 5.74. The standard InChI is InChI=1S/C12H14N4S/c1-7-4-8(2)6-10(5-7)13-11-9(3)15-16-12(17)14-11/h4-6H,1-3H3,(H2,13,14,16,17). The number of hydrogen-bond donors (Lipinski definition) is 2. The average molecular weight is 246 g/mol. The summed E-state index contributed by atoms with van der Waals surface area (Å²) in [6.07, 6.45) is 0. The molecule has 0 unspecified atom stereocenters. The fourth-order valence-corrected chi connectivity index (χ4v) is 1.83. The van der Waals surface area contributed by atoms with Gasteiger partial charge < -0.3 is 5.32 Å². The Morgan fingerprint density at radius 2 is 1.76 bits per heavy atom. The molecular formula is C12H14N4S. The second kappa shape index (κ2) is 4.63. The van der Waals surface area contributed by atoms with Crippen LogP contribution in [0.2, 0.25) is 0 Å². The maximum absolute atomic E-state index is 4.96. The highest BCUT2D eigenvalue weighted by Gasteiger charge is 2.02. The SMILES string of the molecule is Cc1cc(C)cc(Nc2nc(=S)[nH]nc2C)c1. The third-order valence-electron chi connectivity index (χ3n) is 2.36. The lowest BCUT2D eigenvalue weighted by Crippen LogP contribution is -2.01. The zero-order valence-corrected chi connectivity index (χ0v) is 10.9. The van der Waals surface area contributed by atoms with E-state index in [2.05, 4.69) is 52.5 Å². The van der Waals surface area contributed by atoms with Gasteiger partial charge in [-0.15, -0.1) is 0 Å². The molecule has 0 bridgehead atoms. The molecule has 0 saturated heterocycles. The van der Waals surface area contributed by atoms with Gasteiger partial charge in [-0.05, 0) is 56.2 Å². The summed E-state index contributed by atoms with van der Waals surface area (Å²) in [5.41, 5.74) is 4.21. The van der Waals surface area contributed by atoms with Crippen molar-refractivity contribution < 1.29 is 0 Å². The van der Waals surface area contributed by atoms with Crippen molar-refractivity contribution in [3.8, 4) is 0 Å². The molecule has 1 heterocycles. The topological polar surface area (TPSA) is 53.6 Å². The summed E-state index contributed by atoms with van der Waals surface area (Å²) in [6, 6.07) is 6.25. The van der Waals surface area contributed by atoms with Crippen LogP contribution in [0.25, 0.3) is 0 Å². The Bertz CT molecular complexity index is 583. The molecule has 17 heavy (non-hydrogen) atoms. The number of aryl methyl sites for hydroxylation is 3. The number of aromatic amines is 1. The predicted molar refractivity (Wildman–Crippen MR) is 71.2 cm³/mol. The van der Waals surface area contributed by atoms with Crippen molar-refractivity contribution in [1.82, 2.24) is 15.2 Å². The molecule has 0 fully saturated rings. The Morgan fingerprint density at radius 1 is 1.12 bits per heavy atom. The normalized spacial score (nSPS) is 10.3. The van der Waals surface area contributed by atoms with E-state index < -0.39 is 0 Å². The van der Waals surface area contributed by atoms with Gasteiger partial charge >= 0.3 is 0 Å². The molecule has 0 atom stereocenters. The summed E-state index contributed by atoms with van der Waals surface area (Å²) < 4.78 is 0.377. The first kappa shape index (κ1) is 11.7. The van der Waals surface area contributed by atoms with Gasteiger partial charge in [0.2, 0.25) is 4.77 Å². The van der Waals surface area contributed by atoms with Crippen LogP contribution in [0.4, 0.5) is 11.5 Å². The maximum atomic E-state index is 4.96. The van der Waals surface area contributed by atoms with Gasteiger partial charge in [0.25, 0.3) is 0 Å². The summed E-state index contributed by atoms with van der Waals surface area (Å²) in [6.45, 7) is 6.01. The van der Waals surface area contributed by atoms with Crippen molar-refractivity contribution in [3.63, 3.8) is 0 Å². The Kier molecular flexibility index (Phi) is 3.19. The molecule has 2 rings (SSSR count). The predicted octanol–water partition coefficient (Wildman–Crippen LogP) is 3.20. The van der Waals surface area contributed by atoms with E-state index in [9.17, 15) is 0 Å². The lowest BCUT2D eigenvalue weighted by Gasteiger charge is -2.09. The van der Waals surface area contributed by atoms with Crippen molar-refractivity contribution in [3.05, 3.63) is 39.8 Å². The number of nitrogens with one attached hydrogen (secondary N) is 2. The zero-order valence-electron chi connectivity index (χ0n) is 10.0. The molecule has 2 aromatic rings. The molecule has 4 nitrogen and oxygen atoms in total. The van der Waals surface area contributed by atoms with Crippen LogP contribution in [0.5, 0.6) is 0 Å². The van der Waals surface area contributed by atoms with Crippen LogP contribution in [0.15, 0.2) is 18.2 Å². The molecule has 1 aromatic heterocycles. The van der Waals surface area contributed by atoms with Crippen molar-refractivity contribution in [2.75, 3.05) is 5.32 Å². The first-order valence-electron chi connectivity index (χ1n) is 5.33. The number of aromatic nitrogens is 3. The minimum Gasteiger partial charge on any atom is -0.339 e. The highest BCUT2D eigenvalue weighted by atomic mass is 32.1. The minimum absolute atomic E-state index is 0.377. The van der Waals surface area contributed by atoms with E-state index in [1.54, 1.807) is 0 Å². The molecule has 0 radical (unpaired) electrons. The van der Waals surface area contributed by atoms with E-state index in [4.69, 9.17) is 12.2 Å². The third kappa shape index (κ3) is 2.88. The number of benzene rings is 1. The second-order valence-corrected chi connectivity index (χ2v) is 4.46. The fourth-order valence-electron chi connectivity index (χ4n) is 1.69. The van der Waals surface area contributed by atoms with Gasteiger partial charge in [-0.1, -0.05) is 6.07 Å². The number of H-pyrrole nitrogens is 1. The van der Waals surface area contributed by atoms with Crippen molar-refractivity contribution in [2.24, 2.45) is 0 Å². The quantitative estimate of drug-likeness (QED) is 0.799. The molecule has 1 aromatic carbocycles. The van der Waals surface area contributed by atoms with E-state index >= 15 is 0 Å². The molecule has 0 saturated carbocycles. The van der Waals surface area contributed by atoms with Gasteiger partial charge in [0, 0.05) is 5.69 Å². The number of anilines is 2. The second-order valence-electron chi connectivity index (χ2n) is 4.08. The van der Waals surface area contributed by atoms with Gasteiger partial charge in [0.1, 0.15) is 5.69 Å². The average Bonchev–Trinajstić information content (AvgIpc) is 2.22. The smallest absolute Gasteiger partial charge is 0.215 e. The maximum Gasteiger partial charge on any atom is 0.215 e. The van der Waals surface area contributed by atoms with Crippen LogP contribution >= 0.6 is 12.2 Å².